The molecule has 72 valence electrons. The van der Waals surface area contributed by atoms with Crippen molar-refractivity contribution in [2.24, 2.45) is 0 Å². The van der Waals surface area contributed by atoms with E-state index in [0.717, 1.165) is 0 Å². The number of hydrogen-bond acceptors (Lipinski definition) is 2. The van der Waals surface area contributed by atoms with Crippen LogP contribution in [0, 0.1) is 0 Å². The molecule has 2 heteroatoms. The summed E-state index contributed by atoms with van der Waals surface area (Å²) in [7, 11) is 0. The van der Waals surface area contributed by atoms with E-state index in [1.807, 2.05) is 37.5 Å². The van der Waals surface area contributed by atoms with Gasteiger partial charge < -0.3 is 0 Å². The lowest BCUT2D eigenvalue weighted by atomic mass is 10.2. The third-order valence-electron chi connectivity index (χ3n) is 1.41. The monoisotopic (exact) mass is 212 g/mol. The lowest BCUT2D eigenvalue weighted by Crippen LogP contribution is -1.93. The largest absolute Gasteiger partial charge is 0.160 e. The summed E-state index contributed by atoms with van der Waals surface area (Å²) in [4.78, 5) is 0. The summed E-state index contributed by atoms with van der Waals surface area (Å²) >= 11 is 6.16. The van der Waals surface area contributed by atoms with E-state index in [9.17, 15) is 0 Å². The zero-order valence-electron chi connectivity index (χ0n) is 8.10. The third kappa shape index (κ3) is 5.83. The number of allylic oxidation sites excluding steroid dienone is 6. The second kappa shape index (κ2) is 8.27. The van der Waals surface area contributed by atoms with Crippen LogP contribution in [0.25, 0.3) is 0 Å². The average Bonchev–Trinajstić information content (AvgIpc) is 2.17. The highest BCUT2D eigenvalue weighted by Crippen LogP contribution is 2.21. The van der Waals surface area contributed by atoms with Crippen LogP contribution in [-0.2, 0) is 0 Å². The molecule has 0 saturated carbocycles. The molecule has 0 aliphatic heterocycles. The van der Waals surface area contributed by atoms with Crippen LogP contribution in [-0.4, -0.2) is 10.8 Å². The van der Waals surface area contributed by atoms with Gasteiger partial charge in [0.05, 0.1) is 4.58 Å². The Morgan fingerprint density at radius 2 is 2.15 bits per heavy atom. The van der Waals surface area contributed by atoms with Gasteiger partial charge in [-0.3, -0.25) is 0 Å². The average molecular weight is 212 g/mol. The highest BCUT2D eigenvalue weighted by molar-refractivity contribution is 8.10. The molecule has 0 aliphatic rings. The van der Waals surface area contributed by atoms with E-state index in [0.29, 0.717) is 0 Å². The molecule has 0 aliphatic carbocycles. The van der Waals surface area contributed by atoms with E-state index in [2.05, 4.69) is 25.3 Å². The number of hydrogen-bond donors (Lipinski definition) is 1. The Balaban J connectivity index is 4.53. The van der Waals surface area contributed by atoms with Crippen molar-refractivity contribution in [1.82, 2.24) is 0 Å². The molecule has 0 heterocycles. The van der Waals surface area contributed by atoms with Gasteiger partial charge in [-0.25, -0.2) is 0 Å². The van der Waals surface area contributed by atoms with Gasteiger partial charge in [0.1, 0.15) is 0 Å². The van der Waals surface area contributed by atoms with Gasteiger partial charge in [-0.1, -0.05) is 43.0 Å². The van der Waals surface area contributed by atoms with Crippen LogP contribution in [0.15, 0.2) is 48.6 Å². The van der Waals surface area contributed by atoms with Crippen LogP contribution in [0.2, 0.25) is 0 Å². The van der Waals surface area contributed by atoms with E-state index in [-0.39, 0.29) is 4.58 Å². The normalized spacial score (nSPS) is 15.5. The fraction of sp³-hybridized carbons (Fsp3) is 0.273. The maximum Gasteiger partial charge on any atom is 0.0718 e. The highest BCUT2D eigenvalue weighted by Gasteiger charge is 2.02. The topological polar surface area (TPSA) is 0 Å². The van der Waals surface area contributed by atoms with Crippen molar-refractivity contribution in [3.05, 3.63) is 48.6 Å². The molecule has 0 N–H and O–H groups in total. The van der Waals surface area contributed by atoms with Crippen molar-refractivity contribution >= 4 is 24.4 Å². The molecule has 0 fully saturated rings. The van der Waals surface area contributed by atoms with Crippen LogP contribution in [0.3, 0.4) is 0 Å². The SMILES string of the molecule is C=C\C=C/C(=C\C=C/C)C(S)SC. The molecule has 0 saturated heterocycles. The lowest BCUT2D eigenvalue weighted by molar-refractivity contribution is 1.47. The molecule has 0 aromatic rings. The minimum Gasteiger partial charge on any atom is -0.160 e. The molecule has 0 aromatic heterocycles. The summed E-state index contributed by atoms with van der Waals surface area (Å²) in [6, 6.07) is 0. The second-order valence-corrected chi connectivity index (χ2v) is 4.18. The maximum atomic E-state index is 4.45. The predicted molar refractivity (Wildman–Crippen MR) is 68.5 cm³/mol. The van der Waals surface area contributed by atoms with Crippen molar-refractivity contribution in [2.45, 2.75) is 11.5 Å². The van der Waals surface area contributed by atoms with E-state index >= 15 is 0 Å². The smallest absolute Gasteiger partial charge is 0.0718 e. The van der Waals surface area contributed by atoms with Crippen molar-refractivity contribution in [3.63, 3.8) is 0 Å². The van der Waals surface area contributed by atoms with E-state index in [1.54, 1.807) is 17.8 Å². The molecule has 0 nitrogen and oxygen atoms in total. The number of rotatable bonds is 5. The van der Waals surface area contributed by atoms with Gasteiger partial charge >= 0.3 is 0 Å². The van der Waals surface area contributed by atoms with Crippen molar-refractivity contribution < 1.29 is 0 Å². The van der Waals surface area contributed by atoms with E-state index < -0.39 is 0 Å². The molecule has 1 unspecified atom stereocenters. The first kappa shape index (κ1) is 12.7. The molecule has 0 amide bonds. The minimum atomic E-state index is 0.229. The Kier molecular flexibility index (Phi) is 8.05. The fourth-order valence-electron chi connectivity index (χ4n) is 0.743. The highest BCUT2D eigenvalue weighted by atomic mass is 32.2. The molecule has 0 spiro atoms. The molecular weight excluding hydrogens is 196 g/mol. The van der Waals surface area contributed by atoms with Gasteiger partial charge in [-0.05, 0) is 18.8 Å². The van der Waals surface area contributed by atoms with Gasteiger partial charge in [0, 0.05) is 0 Å². The molecule has 13 heavy (non-hydrogen) atoms. The van der Waals surface area contributed by atoms with E-state index in [1.165, 1.54) is 5.57 Å². The molecule has 0 radical (unpaired) electrons. The Morgan fingerprint density at radius 1 is 1.46 bits per heavy atom. The Labute approximate surface area is 90.9 Å². The zero-order valence-corrected chi connectivity index (χ0v) is 9.81. The van der Waals surface area contributed by atoms with Crippen molar-refractivity contribution in [1.29, 1.82) is 0 Å². The summed E-state index contributed by atoms with van der Waals surface area (Å²) in [5.74, 6) is 0. The van der Waals surface area contributed by atoms with Crippen molar-refractivity contribution in [2.75, 3.05) is 6.26 Å². The molecule has 0 bridgehead atoms. The summed E-state index contributed by atoms with van der Waals surface area (Å²) in [6.07, 6.45) is 13.8. The van der Waals surface area contributed by atoms with Gasteiger partial charge in [-0.15, -0.1) is 11.8 Å². The fourth-order valence-corrected chi connectivity index (χ4v) is 1.34. The van der Waals surface area contributed by atoms with E-state index in [4.69, 9.17) is 0 Å². The summed E-state index contributed by atoms with van der Waals surface area (Å²) in [6.45, 7) is 5.63. The molecule has 1 atom stereocenters. The molecule has 0 aromatic carbocycles. The number of thiol groups is 1. The Bertz CT molecular complexity index is 224. The lowest BCUT2D eigenvalue weighted by Gasteiger charge is -2.07. The standard InChI is InChI=1S/C11H16S2/c1-4-6-8-10(9-7-5-2)11(12)13-3/h4-9,11-12H,1H2,2-3H3/b7-5-,8-6-,10-9+. The van der Waals surface area contributed by atoms with Crippen molar-refractivity contribution in [3.8, 4) is 0 Å². The van der Waals surface area contributed by atoms with Gasteiger partial charge in [0.2, 0.25) is 0 Å². The third-order valence-corrected chi connectivity index (χ3v) is 3.06. The minimum absolute atomic E-state index is 0.229. The van der Waals surface area contributed by atoms with Crippen LogP contribution in [0.1, 0.15) is 6.92 Å². The van der Waals surface area contributed by atoms with Crippen LogP contribution in [0.4, 0.5) is 0 Å². The van der Waals surface area contributed by atoms with Gasteiger partial charge in [0.25, 0.3) is 0 Å². The summed E-state index contributed by atoms with van der Waals surface area (Å²) in [5.41, 5.74) is 1.19. The second-order valence-electron chi connectivity index (χ2n) is 2.38. The van der Waals surface area contributed by atoms with Crippen LogP contribution in [0.5, 0.6) is 0 Å². The quantitative estimate of drug-likeness (QED) is 0.410. The molecule has 0 rings (SSSR count). The Hall–Kier alpha value is -0.340. The van der Waals surface area contributed by atoms with Crippen LogP contribution >= 0.6 is 24.4 Å². The first-order valence-corrected chi connectivity index (χ1v) is 5.89. The first-order valence-electron chi connectivity index (χ1n) is 4.09. The number of thioether (sulfide) groups is 1. The Morgan fingerprint density at radius 3 is 2.62 bits per heavy atom. The van der Waals surface area contributed by atoms with Gasteiger partial charge in [0.15, 0.2) is 0 Å². The first-order chi connectivity index (χ1) is 6.26. The summed E-state index contributed by atoms with van der Waals surface area (Å²) in [5, 5.41) is 0. The zero-order chi connectivity index (χ0) is 10.1. The predicted octanol–water partition coefficient (Wildman–Crippen LogP) is 3.85. The van der Waals surface area contributed by atoms with Gasteiger partial charge in [-0.2, -0.15) is 12.6 Å². The summed E-state index contributed by atoms with van der Waals surface area (Å²) < 4.78 is 0.229. The molecular formula is C11H16S2. The maximum absolute atomic E-state index is 4.45. The van der Waals surface area contributed by atoms with Crippen LogP contribution < -0.4 is 0 Å².